The summed E-state index contributed by atoms with van der Waals surface area (Å²) < 4.78 is 27.3. The summed E-state index contributed by atoms with van der Waals surface area (Å²) in [7, 11) is -3.35. The molecule has 4 nitrogen and oxygen atoms in total. The number of thiophene rings is 1. The quantitative estimate of drug-likeness (QED) is 0.712. The van der Waals surface area contributed by atoms with Crippen molar-refractivity contribution in [1.29, 1.82) is 0 Å². The molecule has 0 aromatic carbocycles. The summed E-state index contributed by atoms with van der Waals surface area (Å²) in [4.78, 5) is 1.07. The van der Waals surface area contributed by atoms with Gasteiger partial charge in [0.25, 0.3) is 10.0 Å². The Balaban J connectivity index is 2.87. The van der Waals surface area contributed by atoms with Crippen LogP contribution in [0.5, 0.6) is 0 Å². The van der Waals surface area contributed by atoms with Crippen LogP contribution in [-0.2, 0) is 16.6 Å². The smallest absolute Gasteiger partial charge is 0.252 e. The molecule has 0 aliphatic rings. The van der Waals surface area contributed by atoms with Crippen LogP contribution < -0.4 is 5.32 Å². The highest BCUT2D eigenvalue weighted by atomic mass is 32.2. The van der Waals surface area contributed by atoms with E-state index < -0.39 is 10.0 Å². The molecule has 116 valence electrons. The molecule has 0 saturated heterocycles. The van der Waals surface area contributed by atoms with Crippen molar-refractivity contribution in [2.24, 2.45) is 0 Å². The zero-order valence-corrected chi connectivity index (χ0v) is 14.5. The van der Waals surface area contributed by atoms with Crippen molar-refractivity contribution in [1.82, 2.24) is 9.62 Å². The van der Waals surface area contributed by atoms with E-state index in [0.29, 0.717) is 10.8 Å². The highest BCUT2D eigenvalue weighted by molar-refractivity contribution is 7.91. The van der Waals surface area contributed by atoms with E-state index in [1.807, 2.05) is 26.8 Å². The average molecular weight is 319 g/mol. The van der Waals surface area contributed by atoms with Gasteiger partial charge in [-0.1, -0.05) is 20.8 Å². The van der Waals surface area contributed by atoms with Crippen molar-refractivity contribution < 1.29 is 8.42 Å². The van der Waals surface area contributed by atoms with Crippen LogP contribution in [0.3, 0.4) is 0 Å². The monoisotopic (exact) mass is 318 g/mol. The Morgan fingerprint density at radius 3 is 2.55 bits per heavy atom. The maximum atomic E-state index is 12.6. The number of nitrogens with zero attached hydrogens (tertiary/aromatic N) is 1. The molecular weight excluding hydrogens is 292 g/mol. The summed E-state index contributed by atoms with van der Waals surface area (Å²) in [5.74, 6) is 0. The normalized spacial score (nSPS) is 13.8. The fourth-order valence-electron chi connectivity index (χ4n) is 2.02. The molecule has 1 rings (SSSR count). The van der Waals surface area contributed by atoms with Gasteiger partial charge in [0.1, 0.15) is 4.21 Å². The van der Waals surface area contributed by atoms with E-state index in [1.165, 1.54) is 11.3 Å². The minimum absolute atomic E-state index is 0.0359. The van der Waals surface area contributed by atoms with Gasteiger partial charge in [-0.25, -0.2) is 8.42 Å². The molecule has 1 aromatic heterocycles. The summed E-state index contributed by atoms with van der Waals surface area (Å²) in [5.41, 5.74) is 0. The Morgan fingerprint density at radius 2 is 2.00 bits per heavy atom. The predicted molar refractivity (Wildman–Crippen MR) is 85.6 cm³/mol. The van der Waals surface area contributed by atoms with Gasteiger partial charge in [0, 0.05) is 24.0 Å². The van der Waals surface area contributed by atoms with Crippen LogP contribution >= 0.6 is 11.3 Å². The largest absolute Gasteiger partial charge is 0.312 e. The first kappa shape index (κ1) is 17.6. The fraction of sp³-hybridized carbons (Fsp3) is 0.714. The molecule has 0 bridgehead atoms. The third-order valence-electron chi connectivity index (χ3n) is 3.32. The summed E-state index contributed by atoms with van der Waals surface area (Å²) in [6, 6.07) is 3.67. The van der Waals surface area contributed by atoms with Gasteiger partial charge in [0.15, 0.2) is 0 Å². The minimum atomic E-state index is -3.35. The first-order chi connectivity index (χ1) is 9.47. The van der Waals surface area contributed by atoms with Gasteiger partial charge >= 0.3 is 0 Å². The lowest BCUT2D eigenvalue weighted by molar-refractivity contribution is 0.343. The van der Waals surface area contributed by atoms with Crippen molar-refractivity contribution in [2.75, 3.05) is 13.1 Å². The first-order valence-electron chi connectivity index (χ1n) is 7.28. The first-order valence-corrected chi connectivity index (χ1v) is 9.54. The number of hydrogen-bond donors (Lipinski definition) is 1. The molecule has 0 saturated carbocycles. The van der Waals surface area contributed by atoms with Crippen LogP contribution in [0.1, 0.15) is 45.4 Å². The Morgan fingerprint density at radius 1 is 1.30 bits per heavy atom. The van der Waals surface area contributed by atoms with Crippen LogP contribution in [-0.4, -0.2) is 31.9 Å². The Kier molecular flexibility index (Phi) is 7.15. The molecule has 0 spiro atoms. The molecule has 1 N–H and O–H groups in total. The lowest BCUT2D eigenvalue weighted by Gasteiger charge is -2.25. The molecule has 0 aliphatic carbocycles. The van der Waals surface area contributed by atoms with Crippen molar-refractivity contribution in [2.45, 2.75) is 57.3 Å². The van der Waals surface area contributed by atoms with Crippen LogP contribution in [0.2, 0.25) is 0 Å². The van der Waals surface area contributed by atoms with Gasteiger partial charge in [-0.3, -0.25) is 0 Å². The molecule has 1 atom stereocenters. The van der Waals surface area contributed by atoms with E-state index in [9.17, 15) is 8.42 Å². The molecule has 20 heavy (non-hydrogen) atoms. The van der Waals surface area contributed by atoms with Crippen LogP contribution in [0.15, 0.2) is 16.3 Å². The van der Waals surface area contributed by atoms with Crippen LogP contribution in [0.4, 0.5) is 0 Å². The second-order valence-corrected chi connectivity index (χ2v) is 8.15. The van der Waals surface area contributed by atoms with E-state index in [-0.39, 0.29) is 6.04 Å². The third-order valence-corrected chi connectivity index (χ3v) is 6.96. The van der Waals surface area contributed by atoms with Crippen LogP contribution in [0.25, 0.3) is 0 Å². The molecule has 6 heteroatoms. The predicted octanol–water partition coefficient (Wildman–Crippen LogP) is 3.06. The summed E-state index contributed by atoms with van der Waals surface area (Å²) >= 11 is 1.37. The topological polar surface area (TPSA) is 49.4 Å². The molecule has 0 fully saturated rings. The van der Waals surface area contributed by atoms with E-state index >= 15 is 0 Å². The number of sulfonamides is 1. The minimum Gasteiger partial charge on any atom is -0.312 e. The summed E-state index contributed by atoms with van der Waals surface area (Å²) in [6.45, 7) is 10.2. The second kappa shape index (κ2) is 8.12. The third kappa shape index (κ3) is 4.28. The lowest BCUT2D eigenvalue weighted by atomic mass is 10.3. The van der Waals surface area contributed by atoms with Crippen LogP contribution in [0, 0.1) is 0 Å². The average Bonchev–Trinajstić information content (AvgIpc) is 2.89. The van der Waals surface area contributed by atoms with E-state index in [4.69, 9.17) is 0 Å². The molecular formula is C14H26N2O2S2. The maximum Gasteiger partial charge on any atom is 0.252 e. The van der Waals surface area contributed by atoms with Gasteiger partial charge < -0.3 is 5.32 Å². The molecule has 0 aliphatic heterocycles. The molecule has 1 heterocycles. The van der Waals surface area contributed by atoms with Gasteiger partial charge in [-0.15, -0.1) is 11.3 Å². The molecule has 1 unspecified atom stereocenters. The molecule has 0 amide bonds. The van der Waals surface area contributed by atoms with Crippen molar-refractivity contribution >= 4 is 21.4 Å². The van der Waals surface area contributed by atoms with Gasteiger partial charge in [0.05, 0.1) is 0 Å². The van der Waals surface area contributed by atoms with Crippen molar-refractivity contribution in [3.05, 3.63) is 17.0 Å². The van der Waals surface area contributed by atoms with E-state index in [1.54, 1.807) is 10.4 Å². The van der Waals surface area contributed by atoms with Gasteiger partial charge in [0.2, 0.25) is 0 Å². The van der Waals surface area contributed by atoms with Gasteiger partial charge in [-0.2, -0.15) is 4.31 Å². The number of rotatable bonds is 9. The fourth-order valence-corrected chi connectivity index (χ4v) is 5.19. The standard InChI is InChI=1S/C14H26N2O2S2/c1-5-10-15-11-13-8-9-14(19-13)20(17,18)16(7-3)12(4)6-2/h8-9,12,15H,5-7,10-11H2,1-4H3. The summed E-state index contributed by atoms with van der Waals surface area (Å²) in [5, 5.41) is 3.30. The molecule has 0 radical (unpaired) electrons. The maximum absolute atomic E-state index is 12.6. The number of nitrogens with one attached hydrogen (secondary N) is 1. The SMILES string of the molecule is CCCNCc1ccc(S(=O)(=O)N(CC)C(C)CC)s1. The Labute approximate surface area is 127 Å². The van der Waals surface area contributed by atoms with E-state index in [2.05, 4.69) is 12.2 Å². The van der Waals surface area contributed by atoms with Crippen molar-refractivity contribution in [3.63, 3.8) is 0 Å². The number of hydrogen-bond acceptors (Lipinski definition) is 4. The Bertz CT molecular complexity index is 497. The zero-order valence-electron chi connectivity index (χ0n) is 12.8. The Hall–Kier alpha value is -0.430. The highest BCUT2D eigenvalue weighted by Crippen LogP contribution is 2.26. The second-order valence-electron chi connectivity index (χ2n) is 4.86. The highest BCUT2D eigenvalue weighted by Gasteiger charge is 2.28. The molecule has 1 aromatic rings. The van der Waals surface area contributed by atoms with Gasteiger partial charge in [-0.05, 0) is 38.4 Å². The van der Waals surface area contributed by atoms with Crippen molar-refractivity contribution in [3.8, 4) is 0 Å². The zero-order chi connectivity index (χ0) is 15.2. The lowest BCUT2D eigenvalue weighted by Crippen LogP contribution is -2.37. The summed E-state index contributed by atoms with van der Waals surface area (Å²) in [6.07, 6.45) is 1.90. The van der Waals surface area contributed by atoms with E-state index in [0.717, 1.165) is 30.8 Å².